The molecule has 8 heteroatoms. The van der Waals surface area contributed by atoms with E-state index in [9.17, 15) is 13.2 Å². The fourth-order valence-electron chi connectivity index (χ4n) is 3.69. The number of hydrogen-bond donors (Lipinski definition) is 3. The number of rotatable bonds is 6. The molecular formula is C17H26N4O3S. The van der Waals surface area contributed by atoms with Crippen molar-refractivity contribution in [3.05, 3.63) is 28.3 Å². The Bertz CT molecular complexity index is 744. The molecule has 0 radical (unpaired) electrons. The summed E-state index contributed by atoms with van der Waals surface area (Å²) >= 11 is 0. The van der Waals surface area contributed by atoms with E-state index in [-0.39, 0.29) is 6.54 Å². The van der Waals surface area contributed by atoms with Gasteiger partial charge in [-0.1, -0.05) is 6.07 Å². The lowest BCUT2D eigenvalue weighted by atomic mass is 9.99. The number of likely N-dealkylation sites (N-methyl/N-ethyl adjacent to an activating group) is 2. The van der Waals surface area contributed by atoms with Crippen LogP contribution in [0.25, 0.3) is 0 Å². The van der Waals surface area contributed by atoms with Crippen LogP contribution in [0.3, 0.4) is 0 Å². The molecule has 0 spiro atoms. The maximum atomic E-state index is 12.4. The van der Waals surface area contributed by atoms with Crippen LogP contribution < -0.4 is 15.4 Å². The summed E-state index contributed by atoms with van der Waals surface area (Å²) in [5.41, 5.74) is 5.79. The predicted molar refractivity (Wildman–Crippen MR) is 98.1 cm³/mol. The molecule has 0 bridgehead atoms. The van der Waals surface area contributed by atoms with E-state index in [4.69, 9.17) is 0 Å². The van der Waals surface area contributed by atoms with Crippen LogP contribution in [0.4, 0.5) is 10.5 Å². The molecule has 3 rings (SSSR count). The van der Waals surface area contributed by atoms with Gasteiger partial charge in [0.05, 0.1) is 0 Å². The van der Waals surface area contributed by atoms with Crippen LogP contribution in [0.15, 0.2) is 6.07 Å². The molecular weight excluding hydrogens is 340 g/mol. The topological polar surface area (TPSA) is 90.5 Å². The minimum absolute atomic E-state index is 0.287. The number of urea groups is 1. The van der Waals surface area contributed by atoms with Crippen molar-refractivity contribution in [1.29, 1.82) is 0 Å². The third kappa shape index (κ3) is 3.80. The second-order valence-corrected chi connectivity index (χ2v) is 8.50. The molecule has 0 atom stereocenters. The summed E-state index contributed by atoms with van der Waals surface area (Å²) < 4.78 is 27.7. The quantitative estimate of drug-likeness (QED) is 0.705. The highest BCUT2D eigenvalue weighted by Gasteiger charge is 2.26. The first-order valence-corrected chi connectivity index (χ1v) is 10.2. The fraction of sp³-hybridized carbons (Fsp3) is 0.588. The number of nitrogens with zero attached hydrogens (tertiary/aromatic N) is 1. The SMILES string of the molecule is CNCCN(C)S(=O)(=O)NC(=O)Nc1c2c(cc3c1CCC3)CCC2. The highest BCUT2D eigenvalue weighted by molar-refractivity contribution is 7.87. The number of fused-ring (bicyclic) bond motifs is 2. The van der Waals surface area contributed by atoms with Crippen molar-refractivity contribution in [2.75, 3.05) is 32.5 Å². The first kappa shape index (κ1) is 18.2. The molecule has 138 valence electrons. The van der Waals surface area contributed by atoms with E-state index < -0.39 is 16.2 Å². The smallest absolute Gasteiger partial charge is 0.318 e. The highest BCUT2D eigenvalue weighted by Crippen LogP contribution is 2.38. The molecule has 0 saturated carbocycles. The largest absolute Gasteiger partial charge is 0.333 e. The van der Waals surface area contributed by atoms with Gasteiger partial charge < -0.3 is 10.6 Å². The molecule has 25 heavy (non-hydrogen) atoms. The Labute approximate surface area is 149 Å². The van der Waals surface area contributed by atoms with Crippen molar-refractivity contribution < 1.29 is 13.2 Å². The summed E-state index contributed by atoms with van der Waals surface area (Å²) in [5.74, 6) is 0. The maximum absolute atomic E-state index is 12.4. The van der Waals surface area contributed by atoms with Gasteiger partial charge in [0.1, 0.15) is 0 Å². The zero-order valence-corrected chi connectivity index (χ0v) is 15.6. The Morgan fingerprint density at radius 2 is 1.72 bits per heavy atom. The van der Waals surface area contributed by atoms with Crippen molar-refractivity contribution >= 4 is 21.9 Å². The van der Waals surface area contributed by atoms with Crippen molar-refractivity contribution in [3.63, 3.8) is 0 Å². The van der Waals surface area contributed by atoms with Crippen molar-refractivity contribution in [2.45, 2.75) is 38.5 Å². The number of nitrogens with one attached hydrogen (secondary N) is 3. The summed E-state index contributed by atoms with van der Waals surface area (Å²) in [5, 5.41) is 5.72. The summed E-state index contributed by atoms with van der Waals surface area (Å²) in [7, 11) is -0.652. The van der Waals surface area contributed by atoms with Crippen LogP contribution in [-0.4, -0.2) is 45.9 Å². The van der Waals surface area contributed by atoms with Gasteiger partial charge in [-0.25, -0.2) is 9.52 Å². The Morgan fingerprint density at radius 3 is 2.28 bits per heavy atom. The fourth-order valence-corrected chi connectivity index (χ4v) is 4.46. The Morgan fingerprint density at radius 1 is 1.12 bits per heavy atom. The van der Waals surface area contributed by atoms with Gasteiger partial charge in [-0.15, -0.1) is 0 Å². The molecule has 0 heterocycles. The number of aryl methyl sites for hydroxylation is 2. The minimum atomic E-state index is -3.85. The Balaban J connectivity index is 1.76. The molecule has 1 aromatic rings. The van der Waals surface area contributed by atoms with Gasteiger partial charge in [-0.05, 0) is 67.8 Å². The van der Waals surface area contributed by atoms with Gasteiger partial charge in [0, 0.05) is 25.8 Å². The van der Waals surface area contributed by atoms with Gasteiger partial charge in [0.15, 0.2) is 0 Å². The molecule has 1 aromatic carbocycles. The van der Waals surface area contributed by atoms with Gasteiger partial charge in [0.25, 0.3) is 0 Å². The molecule has 2 aliphatic carbocycles. The number of amides is 2. The molecule has 0 unspecified atom stereocenters. The molecule has 0 aromatic heterocycles. The van der Waals surface area contributed by atoms with Crippen LogP contribution in [-0.2, 0) is 35.9 Å². The van der Waals surface area contributed by atoms with E-state index in [1.54, 1.807) is 7.05 Å². The molecule has 2 aliphatic rings. The molecule has 0 fully saturated rings. The first-order chi connectivity index (χ1) is 11.9. The first-order valence-electron chi connectivity index (χ1n) is 8.78. The van der Waals surface area contributed by atoms with E-state index in [0.29, 0.717) is 6.54 Å². The monoisotopic (exact) mass is 366 g/mol. The molecule has 7 nitrogen and oxygen atoms in total. The van der Waals surface area contributed by atoms with E-state index >= 15 is 0 Å². The molecule has 2 amide bonds. The highest BCUT2D eigenvalue weighted by atomic mass is 32.2. The second-order valence-electron chi connectivity index (χ2n) is 6.72. The van der Waals surface area contributed by atoms with E-state index in [1.165, 1.54) is 29.3 Å². The van der Waals surface area contributed by atoms with Gasteiger partial charge in [-0.3, -0.25) is 0 Å². The zero-order chi connectivity index (χ0) is 18.0. The lowest BCUT2D eigenvalue weighted by molar-refractivity contribution is 0.256. The number of hydrogen-bond acceptors (Lipinski definition) is 4. The van der Waals surface area contributed by atoms with Crippen molar-refractivity contribution in [1.82, 2.24) is 14.3 Å². The van der Waals surface area contributed by atoms with E-state index in [1.807, 2.05) is 0 Å². The standard InChI is InChI=1S/C17H26N4O3S/c1-18-9-10-21(2)25(23,24)20-17(22)19-16-14-7-3-5-12(14)11-13-6-4-8-15(13)16/h11,18H,3-10H2,1-2H3,(H2,19,20,22). The van der Waals surface area contributed by atoms with Crippen LogP contribution in [0.5, 0.6) is 0 Å². The predicted octanol–water partition coefficient (Wildman–Crippen LogP) is 1.18. The summed E-state index contributed by atoms with van der Waals surface area (Å²) in [6.07, 6.45) is 6.10. The molecule has 0 aliphatic heterocycles. The third-order valence-corrected chi connectivity index (χ3v) is 6.47. The van der Waals surface area contributed by atoms with Crippen LogP contribution in [0.2, 0.25) is 0 Å². The van der Waals surface area contributed by atoms with E-state index in [0.717, 1.165) is 48.5 Å². The Kier molecular flexibility index (Phi) is 5.31. The summed E-state index contributed by atoms with van der Waals surface area (Å²) in [6, 6.07) is 1.58. The van der Waals surface area contributed by atoms with Crippen LogP contribution in [0, 0.1) is 0 Å². The summed E-state index contributed by atoms with van der Waals surface area (Å²) in [6.45, 7) is 0.800. The average molecular weight is 366 g/mol. The van der Waals surface area contributed by atoms with Gasteiger partial charge in [0.2, 0.25) is 0 Å². The van der Waals surface area contributed by atoms with E-state index in [2.05, 4.69) is 21.4 Å². The van der Waals surface area contributed by atoms with Crippen molar-refractivity contribution in [2.24, 2.45) is 0 Å². The van der Waals surface area contributed by atoms with Crippen molar-refractivity contribution in [3.8, 4) is 0 Å². The molecule has 0 saturated heterocycles. The number of anilines is 1. The number of benzene rings is 1. The minimum Gasteiger partial charge on any atom is -0.318 e. The Hall–Kier alpha value is -1.64. The van der Waals surface area contributed by atoms with Gasteiger partial charge >= 0.3 is 16.2 Å². The molecule has 3 N–H and O–H groups in total. The summed E-state index contributed by atoms with van der Waals surface area (Å²) in [4.78, 5) is 12.4. The zero-order valence-electron chi connectivity index (χ0n) is 14.8. The lowest BCUT2D eigenvalue weighted by Gasteiger charge is -2.19. The number of carbonyl (C=O) groups excluding carboxylic acids is 1. The third-order valence-electron chi connectivity index (χ3n) is 5.02. The van der Waals surface area contributed by atoms with Gasteiger partial charge in [-0.2, -0.15) is 12.7 Å². The van der Waals surface area contributed by atoms with Crippen LogP contribution in [0.1, 0.15) is 35.1 Å². The van der Waals surface area contributed by atoms with Crippen LogP contribution >= 0.6 is 0 Å². The normalized spacial score (nSPS) is 16.0. The number of carbonyl (C=O) groups is 1. The lowest BCUT2D eigenvalue weighted by Crippen LogP contribution is -2.45. The average Bonchev–Trinajstić information content (AvgIpc) is 3.20. The second kappa shape index (κ2) is 7.31. The maximum Gasteiger partial charge on any atom is 0.333 e.